The zero-order valence-electron chi connectivity index (χ0n) is 8.80. The van der Waals surface area contributed by atoms with Crippen LogP contribution in [-0.4, -0.2) is 28.3 Å². The Kier molecular flexibility index (Phi) is 3.40. The highest BCUT2D eigenvalue weighted by atomic mass is 15.2. The summed E-state index contributed by atoms with van der Waals surface area (Å²) in [5.41, 5.74) is 6.96. The van der Waals surface area contributed by atoms with E-state index in [1.54, 1.807) is 6.20 Å². The summed E-state index contributed by atoms with van der Waals surface area (Å²) in [5.74, 6) is 0.727. The number of rotatable bonds is 4. The molecular formula is C11H13N5. The first kappa shape index (κ1) is 10.5. The predicted molar refractivity (Wildman–Crippen MR) is 62.8 cm³/mol. The average molecular weight is 215 g/mol. The standard InChI is InChI=1S/C11H13N5/c12-6-8-14-11-5-4-10(15-16-11)9-3-1-2-7-13-9/h1-5,7H,6,8,12H2,(H,14,16). The SMILES string of the molecule is NCCNc1ccc(-c2ccccn2)nn1. The Labute approximate surface area is 93.7 Å². The highest BCUT2D eigenvalue weighted by Gasteiger charge is 2.00. The Morgan fingerprint density at radius 2 is 2.00 bits per heavy atom. The molecule has 0 amide bonds. The van der Waals surface area contributed by atoms with Crippen molar-refractivity contribution < 1.29 is 0 Å². The molecule has 0 bridgehead atoms. The van der Waals surface area contributed by atoms with Crippen LogP contribution in [0.2, 0.25) is 0 Å². The summed E-state index contributed by atoms with van der Waals surface area (Å²) >= 11 is 0. The first-order chi connectivity index (χ1) is 7.90. The molecule has 3 N–H and O–H groups in total. The Hall–Kier alpha value is -2.01. The van der Waals surface area contributed by atoms with E-state index in [4.69, 9.17) is 5.73 Å². The molecule has 0 saturated carbocycles. The van der Waals surface area contributed by atoms with Crippen LogP contribution in [0.3, 0.4) is 0 Å². The number of hydrogen-bond acceptors (Lipinski definition) is 5. The number of nitrogens with two attached hydrogens (primary N) is 1. The number of nitrogens with one attached hydrogen (secondary N) is 1. The maximum absolute atomic E-state index is 5.38. The Balaban J connectivity index is 2.13. The largest absolute Gasteiger partial charge is 0.367 e. The van der Waals surface area contributed by atoms with E-state index in [0.717, 1.165) is 17.2 Å². The number of nitrogens with zero attached hydrogens (tertiary/aromatic N) is 3. The average Bonchev–Trinajstić information content (AvgIpc) is 2.38. The van der Waals surface area contributed by atoms with Crippen LogP contribution in [0.15, 0.2) is 36.5 Å². The fraction of sp³-hybridized carbons (Fsp3) is 0.182. The zero-order valence-corrected chi connectivity index (χ0v) is 8.80. The molecule has 0 fully saturated rings. The summed E-state index contributed by atoms with van der Waals surface area (Å²) in [7, 11) is 0. The van der Waals surface area contributed by atoms with Crippen molar-refractivity contribution in [2.24, 2.45) is 5.73 Å². The van der Waals surface area contributed by atoms with Crippen molar-refractivity contribution in [2.45, 2.75) is 0 Å². The van der Waals surface area contributed by atoms with Crippen LogP contribution < -0.4 is 11.1 Å². The van der Waals surface area contributed by atoms with E-state index < -0.39 is 0 Å². The lowest BCUT2D eigenvalue weighted by molar-refractivity contribution is 0.971. The molecule has 0 atom stereocenters. The van der Waals surface area contributed by atoms with Crippen LogP contribution in [0, 0.1) is 0 Å². The molecule has 0 aliphatic rings. The molecule has 5 heteroatoms. The summed E-state index contributed by atoms with van der Waals surface area (Å²) in [4.78, 5) is 4.20. The topological polar surface area (TPSA) is 76.7 Å². The zero-order chi connectivity index (χ0) is 11.2. The second-order valence-electron chi connectivity index (χ2n) is 3.23. The summed E-state index contributed by atoms with van der Waals surface area (Å²) in [6, 6.07) is 9.44. The van der Waals surface area contributed by atoms with E-state index in [-0.39, 0.29) is 0 Å². The van der Waals surface area contributed by atoms with Gasteiger partial charge in [0.1, 0.15) is 11.5 Å². The lowest BCUT2D eigenvalue weighted by atomic mass is 10.2. The van der Waals surface area contributed by atoms with E-state index >= 15 is 0 Å². The van der Waals surface area contributed by atoms with Gasteiger partial charge in [-0.3, -0.25) is 4.98 Å². The third-order valence-corrected chi connectivity index (χ3v) is 2.04. The van der Waals surface area contributed by atoms with Gasteiger partial charge in [0.2, 0.25) is 0 Å². The van der Waals surface area contributed by atoms with Crippen molar-refractivity contribution in [3.8, 4) is 11.4 Å². The van der Waals surface area contributed by atoms with E-state index in [1.807, 2.05) is 30.3 Å². The normalized spacial score (nSPS) is 10.1. The Bertz CT molecular complexity index is 426. The van der Waals surface area contributed by atoms with Crippen LogP contribution in [0.5, 0.6) is 0 Å². The molecule has 2 rings (SSSR count). The second-order valence-corrected chi connectivity index (χ2v) is 3.23. The van der Waals surface area contributed by atoms with Gasteiger partial charge in [0.25, 0.3) is 0 Å². The molecule has 2 aromatic rings. The van der Waals surface area contributed by atoms with Crippen molar-refractivity contribution in [3.63, 3.8) is 0 Å². The summed E-state index contributed by atoms with van der Waals surface area (Å²) in [6.45, 7) is 1.27. The van der Waals surface area contributed by atoms with Gasteiger partial charge in [-0.1, -0.05) is 6.07 Å². The summed E-state index contributed by atoms with van der Waals surface area (Å²) in [5, 5.41) is 11.2. The van der Waals surface area contributed by atoms with Gasteiger partial charge in [-0.15, -0.1) is 10.2 Å². The lowest BCUT2D eigenvalue weighted by Gasteiger charge is -2.03. The minimum atomic E-state index is 0.573. The van der Waals surface area contributed by atoms with Gasteiger partial charge >= 0.3 is 0 Å². The van der Waals surface area contributed by atoms with E-state index in [9.17, 15) is 0 Å². The van der Waals surface area contributed by atoms with Crippen LogP contribution in [0.25, 0.3) is 11.4 Å². The van der Waals surface area contributed by atoms with Gasteiger partial charge in [0, 0.05) is 19.3 Å². The van der Waals surface area contributed by atoms with E-state index in [2.05, 4.69) is 20.5 Å². The van der Waals surface area contributed by atoms with Crippen molar-refractivity contribution in [1.82, 2.24) is 15.2 Å². The highest BCUT2D eigenvalue weighted by molar-refractivity contribution is 5.54. The summed E-state index contributed by atoms with van der Waals surface area (Å²) in [6.07, 6.45) is 1.73. The molecule has 16 heavy (non-hydrogen) atoms. The first-order valence-electron chi connectivity index (χ1n) is 5.09. The van der Waals surface area contributed by atoms with Crippen LogP contribution in [-0.2, 0) is 0 Å². The smallest absolute Gasteiger partial charge is 0.148 e. The Morgan fingerprint density at radius 3 is 2.62 bits per heavy atom. The predicted octanol–water partition coefficient (Wildman–Crippen LogP) is 0.909. The molecule has 2 heterocycles. The third-order valence-electron chi connectivity index (χ3n) is 2.04. The van der Waals surface area contributed by atoms with Gasteiger partial charge < -0.3 is 11.1 Å². The minimum Gasteiger partial charge on any atom is -0.367 e. The molecule has 5 nitrogen and oxygen atoms in total. The fourth-order valence-corrected chi connectivity index (χ4v) is 1.28. The molecular weight excluding hydrogens is 202 g/mol. The van der Waals surface area contributed by atoms with Gasteiger partial charge in [-0.2, -0.15) is 0 Å². The van der Waals surface area contributed by atoms with Crippen molar-refractivity contribution in [3.05, 3.63) is 36.5 Å². The molecule has 0 aliphatic heterocycles. The second kappa shape index (κ2) is 5.18. The quantitative estimate of drug-likeness (QED) is 0.792. The molecule has 2 aromatic heterocycles. The van der Waals surface area contributed by atoms with Crippen LogP contribution in [0.4, 0.5) is 5.82 Å². The molecule has 82 valence electrons. The maximum Gasteiger partial charge on any atom is 0.148 e. The minimum absolute atomic E-state index is 0.573. The maximum atomic E-state index is 5.38. The van der Waals surface area contributed by atoms with E-state index in [1.165, 1.54) is 0 Å². The molecule has 0 aromatic carbocycles. The van der Waals surface area contributed by atoms with Crippen molar-refractivity contribution in [2.75, 3.05) is 18.4 Å². The third kappa shape index (κ3) is 2.52. The monoisotopic (exact) mass is 215 g/mol. The lowest BCUT2D eigenvalue weighted by Crippen LogP contribution is -2.14. The van der Waals surface area contributed by atoms with Gasteiger partial charge in [-0.05, 0) is 24.3 Å². The van der Waals surface area contributed by atoms with Crippen molar-refractivity contribution in [1.29, 1.82) is 0 Å². The molecule has 0 spiro atoms. The highest BCUT2D eigenvalue weighted by Crippen LogP contribution is 2.13. The van der Waals surface area contributed by atoms with Gasteiger partial charge in [0.05, 0.1) is 5.69 Å². The first-order valence-corrected chi connectivity index (χ1v) is 5.09. The fourth-order valence-electron chi connectivity index (χ4n) is 1.28. The molecule has 0 aliphatic carbocycles. The molecule has 0 radical (unpaired) electrons. The van der Waals surface area contributed by atoms with Gasteiger partial charge in [-0.25, -0.2) is 0 Å². The van der Waals surface area contributed by atoms with Gasteiger partial charge in [0.15, 0.2) is 0 Å². The number of hydrogen-bond donors (Lipinski definition) is 2. The van der Waals surface area contributed by atoms with E-state index in [0.29, 0.717) is 13.1 Å². The number of pyridine rings is 1. The molecule has 0 saturated heterocycles. The molecule has 0 unspecified atom stereocenters. The number of aromatic nitrogens is 3. The Morgan fingerprint density at radius 1 is 1.06 bits per heavy atom. The van der Waals surface area contributed by atoms with Crippen molar-refractivity contribution >= 4 is 5.82 Å². The van der Waals surface area contributed by atoms with Crippen LogP contribution in [0.1, 0.15) is 0 Å². The summed E-state index contributed by atoms with van der Waals surface area (Å²) < 4.78 is 0. The number of anilines is 1. The van der Waals surface area contributed by atoms with Crippen LogP contribution >= 0.6 is 0 Å².